The highest BCUT2D eigenvalue weighted by atomic mass is 35.5. The maximum absolute atomic E-state index is 11.9. The molecular weight excluding hydrogens is 298 g/mol. The van der Waals surface area contributed by atoms with E-state index in [1.807, 2.05) is 0 Å². The van der Waals surface area contributed by atoms with Gasteiger partial charge in [0.25, 0.3) is 0 Å². The van der Waals surface area contributed by atoms with Crippen molar-refractivity contribution >= 4 is 22.4 Å². The van der Waals surface area contributed by atoms with Gasteiger partial charge in [0, 0.05) is 11.2 Å². The molecule has 1 heterocycles. The van der Waals surface area contributed by atoms with E-state index in [9.17, 15) is 9.32 Å². The summed E-state index contributed by atoms with van der Waals surface area (Å²) in [7, 11) is -1.34. The van der Waals surface area contributed by atoms with E-state index in [0.717, 1.165) is 0 Å². The molecule has 2 rings (SSSR count). The van der Waals surface area contributed by atoms with Crippen molar-refractivity contribution in [3.63, 3.8) is 0 Å². The number of hydrogen-bond acceptors (Lipinski definition) is 4. The van der Waals surface area contributed by atoms with Crippen LogP contribution in [0, 0.1) is 0 Å². The number of ether oxygens (including phenoxy) is 1. The van der Waals surface area contributed by atoms with Crippen LogP contribution in [0.5, 0.6) is 5.75 Å². The Kier molecular flexibility index (Phi) is 5.52. The van der Waals surface area contributed by atoms with E-state index in [4.69, 9.17) is 16.3 Å². The first-order valence-electron chi connectivity index (χ1n) is 6.01. The molecule has 2 atom stereocenters. The lowest BCUT2D eigenvalue weighted by Gasteiger charge is -2.12. The first kappa shape index (κ1) is 15.0. The third-order valence-electron chi connectivity index (χ3n) is 2.47. The topological polar surface area (TPSA) is 59.4 Å². The van der Waals surface area contributed by atoms with E-state index >= 15 is 0 Å². The monoisotopic (exact) mass is 311 g/mol. The van der Waals surface area contributed by atoms with Crippen molar-refractivity contribution < 1.29 is 14.1 Å². The van der Waals surface area contributed by atoms with Crippen molar-refractivity contribution in [1.29, 1.82) is 0 Å². The number of benzene rings is 1. The summed E-state index contributed by atoms with van der Waals surface area (Å²) in [5.74, 6) is 0.696. The molecule has 0 aliphatic carbocycles. The van der Waals surface area contributed by atoms with Gasteiger partial charge in [-0.2, -0.15) is 0 Å². The Morgan fingerprint density at radius 3 is 2.65 bits per heavy atom. The summed E-state index contributed by atoms with van der Waals surface area (Å²) >= 11 is 5.76. The van der Waals surface area contributed by atoms with Crippen LogP contribution in [0.2, 0.25) is 5.02 Å². The molecule has 20 heavy (non-hydrogen) atoms. The minimum absolute atomic E-state index is 0.0696. The van der Waals surface area contributed by atoms with Gasteiger partial charge in [-0.1, -0.05) is 17.7 Å². The molecule has 2 aromatic rings. The van der Waals surface area contributed by atoms with Gasteiger partial charge in [0.1, 0.15) is 17.4 Å². The van der Waals surface area contributed by atoms with Crippen molar-refractivity contribution in [1.82, 2.24) is 4.98 Å². The summed E-state index contributed by atoms with van der Waals surface area (Å²) in [6.07, 6.45) is 0.748. The van der Waals surface area contributed by atoms with E-state index in [0.29, 0.717) is 15.8 Å². The van der Waals surface area contributed by atoms with Crippen LogP contribution in [0.3, 0.4) is 0 Å². The molecule has 0 radical (unpaired) electrons. The van der Waals surface area contributed by atoms with Crippen LogP contribution >= 0.6 is 11.6 Å². The second kappa shape index (κ2) is 7.38. The van der Waals surface area contributed by atoms with Crippen LogP contribution in [0.25, 0.3) is 0 Å². The van der Waals surface area contributed by atoms with E-state index in [-0.39, 0.29) is 12.4 Å². The van der Waals surface area contributed by atoms with Crippen molar-refractivity contribution in [3.05, 3.63) is 53.7 Å². The second-order valence-corrected chi connectivity index (χ2v) is 5.98. The second-order valence-electron chi connectivity index (χ2n) is 4.10. The Morgan fingerprint density at radius 1 is 1.25 bits per heavy atom. The normalized spacial score (nSPS) is 13.7. The summed E-state index contributed by atoms with van der Waals surface area (Å²) in [6.45, 7) is 0.0696. The smallest absolute Gasteiger partial charge is 0.127 e. The molecule has 0 aliphatic heterocycles. The lowest BCUT2D eigenvalue weighted by Crippen LogP contribution is -2.24. The van der Waals surface area contributed by atoms with Crippen LogP contribution in [0.1, 0.15) is 0 Å². The third-order valence-corrected chi connectivity index (χ3v) is 4.12. The Morgan fingerprint density at radius 2 is 2.00 bits per heavy atom. The molecule has 0 saturated carbocycles. The van der Waals surface area contributed by atoms with Gasteiger partial charge in [-0.05, 0) is 36.4 Å². The predicted molar refractivity (Wildman–Crippen MR) is 78.5 cm³/mol. The van der Waals surface area contributed by atoms with Gasteiger partial charge in [-0.25, -0.2) is 4.98 Å². The minimum Gasteiger partial charge on any atom is -0.491 e. The molecule has 1 N–H and O–H groups in total. The molecule has 4 nitrogen and oxygen atoms in total. The Bertz CT molecular complexity index is 562. The molecule has 0 amide bonds. The molecule has 0 fully saturated rings. The van der Waals surface area contributed by atoms with Gasteiger partial charge in [0.05, 0.1) is 22.7 Å². The Labute approximate surface area is 124 Å². The highest BCUT2D eigenvalue weighted by Gasteiger charge is 2.13. The number of hydrogen-bond donors (Lipinski definition) is 1. The van der Waals surface area contributed by atoms with Gasteiger partial charge in [-0.15, -0.1) is 0 Å². The average molecular weight is 312 g/mol. The summed E-state index contributed by atoms with van der Waals surface area (Å²) in [6, 6.07) is 12.0. The lowest BCUT2D eigenvalue weighted by atomic mass is 10.3. The average Bonchev–Trinajstić information content (AvgIpc) is 2.47. The van der Waals surface area contributed by atoms with E-state index < -0.39 is 16.9 Å². The number of aromatic nitrogens is 1. The number of rotatable bonds is 6. The zero-order valence-electron chi connectivity index (χ0n) is 10.6. The van der Waals surface area contributed by atoms with Crippen LogP contribution in [0.15, 0.2) is 53.7 Å². The minimum atomic E-state index is -1.34. The summed E-state index contributed by atoms with van der Waals surface area (Å²) in [5.41, 5.74) is 0. The van der Waals surface area contributed by atoms with E-state index in [1.54, 1.807) is 48.7 Å². The zero-order valence-corrected chi connectivity index (χ0v) is 12.2. The number of aliphatic hydroxyl groups excluding tert-OH is 1. The predicted octanol–water partition coefficient (Wildman–Crippen LogP) is 2.28. The Balaban J connectivity index is 1.82. The van der Waals surface area contributed by atoms with Gasteiger partial charge in [-0.3, -0.25) is 4.21 Å². The fourth-order valence-corrected chi connectivity index (χ4v) is 2.66. The van der Waals surface area contributed by atoms with Crippen molar-refractivity contribution in [2.45, 2.75) is 11.1 Å². The maximum Gasteiger partial charge on any atom is 0.127 e. The Hall–Kier alpha value is -1.43. The van der Waals surface area contributed by atoms with Crippen LogP contribution in [-0.4, -0.2) is 32.8 Å². The van der Waals surface area contributed by atoms with Gasteiger partial charge in [0.2, 0.25) is 0 Å². The van der Waals surface area contributed by atoms with E-state index in [1.165, 1.54) is 0 Å². The maximum atomic E-state index is 11.9. The molecule has 0 aliphatic rings. The van der Waals surface area contributed by atoms with Gasteiger partial charge >= 0.3 is 0 Å². The highest BCUT2D eigenvalue weighted by Crippen LogP contribution is 2.15. The van der Waals surface area contributed by atoms with Gasteiger partial charge < -0.3 is 9.84 Å². The van der Waals surface area contributed by atoms with Crippen molar-refractivity contribution in [2.24, 2.45) is 0 Å². The summed E-state index contributed by atoms with van der Waals surface area (Å²) < 4.78 is 17.3. The molecule has 0 bridgehead atoms. The quantitative estimate of drug-likeness (QED) is 0.889. The number of nitrogens with zero attached hydrogens (tertiary/aromatic N) is 1. The SMILES string of the molecule is O=[S@](C[C@H](O)COc1ccc(Cl)cc1)c1ccccn1. The van der Waals surface area contributed by atoms with Crippen molar-refractivity contribution in [2.75, 3.05) is 12.4 Å². The number of aliphatic hydroxyl groups is 1. The zero-order chi connectivity index (χ0) is 14.4. The molecule has 106 valence electrons. The molecule has 0 spiro atoms. The molecule has 1 aromatic carbocycles. The lowest BCUT2D eigenvalue weighted by molar-refractivity contribution is 0.125. The molecule has 0 saturated heterocycles. The van der Waals surface area contributed by atoms with E-state index in [2.05, 4.69) is 4.98 Å². The van der Waals surface area contributed by atoms with Crippen molar-refractivity contribution in [3.8, 4) is 5.75 Å². The first-order valence-corrected chi connectivity index (χ1v) is 7.70. The first-order chi connectivity index (χ1) is 9.65. The van der Waals surface area contributed by atoms with Gasteiger partial charge in [0.15, 0.2) is 0 Å². The third kappa shape index (κ3) is 4.59. The molecule has 1 aromatic heterocycles. The largest absolute Gasteiger partial charge is 0.491 e. The highest BCUT2D eigenvalue weighted by molar-refractivity contribution is 7.85. The molecular formula is C14H14ClNO3S. The number of pyridine rings is 1. The number of halogens is 1. The summed E-state index contributed by atoms with van der Waals surface area (Å²) in [4.78, 5) is 3.99. The molecule has 6 heteroatoms. The standard InChI is InChI=1S/C14H14ClNO3S/c15-11-4-6-13(7-5-11)19-9-12(17)10-20(18)14-3-1-2-8-16-14/h1-8,12,17H,9-10H2/t12-,20-/m1/s1. The van der Waals surface area contributed by atoms with Crippen LogP contribution < -0.4 is 4.74 Å². The fourth-order valence-electron chi connectivity index (χ4n) is 1.51. The fraction of sp³-hybridized carbons (Fsp3) is 0.214. The molecule has 0 unspecified atom stereocenters. The summed E-state index contributed by atoms with van der Waals surface area (Å²) in [5, 5.41) is 10.9. The van der Waals surface area contributed by atoms with Crippen LogP contribution in [-0.2, 0) is 10.8 Å². The van der Waals surface area contributed by atoms with Crippen LogP contribution in [0.4, 0.5) is 0 Å².